The van der Waals surface area contributed by atoms with Crippen molar-refractivity contribution < 1.29 is 0 Å². The molecular formula is C40H34N4O2. The second-order valence-corrected chi connectivity index (χ2v) is 11.8. The third kappa shape index (κ3) is 5.24. The smallest absolute Gasteiger partial charge is 0.276 e. The molecule has 0 atom stereocenters. The highest BCUT2D eigenvalue weighted by molar-refractivity contribution is 5.71. The van der Waals surface area contributed by atoms with Gasteiger partial charge in [-0.2, -0.15) is 0 Å². The van der Waals surface area contributed by atoms with E-state index >= 15 is 0 Å². The van der Waals surface area contributed by atoms with Crippen LogP contribution < -0.4 is 11.1 Å². The third-order valence-electron chi connectivity index (χ3n) is 8.55. The molecule has 46 heavy (non-hydrogen) atoms. The lowest BCUT2D eigenvalue weighted by Crippen LogP contribution is -2.25. The summed E-state index contributed by atoms with van der Waals surface area (Å²) in [5.41, 5.74) is 9.18. The van der Waals surface area contributed by atoms with Gasteiger partial charge in [-0.15, -0.1) is 0 Å². The number of hydrogen-bond acceptors (Lipinski definition) is 2. The van der Waals surface area contributed by atoms with Crippen molar-refractivity contribution in [2.24, 2.45) is 0 Å². The van der Waals surface area contributed by atoms with Crippen LogP contribution in [0.5, 0.6) is 0 Å². The lowest BCUT2D eigenvalue weighted by atomic mass is 9.83. The molecule has 0 aliphatic rings. The number of nitrogens with one attached hydrogen (secondary N) is 2. The van der Waals surface area contributed by atoms with E-state index in [-0.39, 0.29) is 11.1 Å². The lowest BCUT2D eigenvalue weighted by molar-refractivity contribution is 0.837. The minimum absolute atomic E-state index is 0.213. The average Bonchev–Trinajstić information content (AvgIpc) is 3.61. The van der Waals surface area contributed by atoms with Crippen molar-refractivity contribution in [1.29, 1.82) is 0 Å². The molecule has 226 valence electrons. The highest BCUT2D eigenvalue weighted by Gasteiger charge is 2.33. The number of benzene rings is 5. The Morgan fingerprint density at radius 3 is 1.17 bits per heavy atom. The molecule has 2 heterocycles. The first-order valence-corrected chi connectivity index (χ1v) is 15.4. The summed E-state index contributed by atoms with van der Waals surface area (Å²) in [4.78, 5) is 29.6. The van der Waals surface area contributed by atoms with E-state index in [1.807, 2.05) is 154 Å². The van der Waals surface area contributed by atoms with Crippen molar-refractivity contribution in [3.05, 3.63) is 188 Å². The van der Waals surface area contributed by atoms with Crippen molar-refractivity contribution in [3.63, 3.8) is 0 Å². The van der Waals surface area contributed by atoms with Crippen LogP contribution in [-0.4, -0.2) is 19.6 Å². The molecule has 2 aromatic heterocycles. The molecule has 6 nitrogen and oxygen atoms in total. The molecule has 0 saturated carbocycles. The van der Waals surface area contributed by atoms with Gasteiger partial charge in [-0.3, -0.25) is 19.8 Å². The third-order valence-corrected chi connectivity index (χ3v) is 8.55. The minimum atomic E-state index is -0.697. The number of aromatic nitrogens is 4. The monoisotopic (exact) mass is 602 g/mol. The maximum atomic E-state index is 14.8. The highest BCUT2D eigenvalue weighted by Crippen LogP contribution is 2.39. The van der Waals surface area contributed by atoms with E-state index in [1.165, 1.54) is 0 Å². The zero-order valence-corrected chi connectivity index (χ0v) is 26.0. The summed E-state index contributed by atoms with van der Waals surface area (Å²) in [5, 5.41) is 6.88. The van der Waals surface area contributed by atoms with Gasteiger partial charge in [-0.25, -0.2) is 9.36 Å². The van der Waals surface area contributed by atoms with Crippen molar-refractivity contribution in [2.75, 3.05) is 0 Å². The summed E-state index contributed by atoms with van der Waals surface area (Å²) < 4.78 is 3.18. The molecular weight excluding hydrogens is 568 g/mol. The average molecular weight is 603 g/mol. The van der Waals surface area contributed by atoms with E-state index < -0.39 is 5.92 Å². The molecule has 0 spiro atoms. The summed E-state index contributed by atoms with van der Waals surface area (Å²) in [5.74, 6) is -0.697. The summed E-state index contributed by atoms with van der Waals surface area (Å²) in [6.07, 6.45) is 0. The first-order valence-electron chi connectivity index (χ1n) is 15.4. The number of rotatable bonds is 7. The molecule has 0 amide bonds. The molecule has 0 unspecified atom stereocenters. The van der Waals surface area contributed by atoms with Crippen LogP contribution in [0.3, 0.4) is 0 Å². The molecule has 0 fully saturated rings. The number of aryl methyl sites for hydroxylation is 3. The van der Waals surface area contributed by atoms with Gasteiger partial charge in [-0.1, -0.05) is 126 Å². The zero-order chi connectivity index (χ0) is 31.8. The van der Waals surface area contributed by atoms with Gasteiger partial charge in [0.25, 0.3) is 11.1 Å². The van der Waals surface area contributed by atoms with Crippen LogP contribution in [0.15, 0.2) is 143 Å². The predicted octanol–water partition coefficient (Wildman–Crippen LogP) is 8.08. The van der Waals surface area contributed by atoms with E-state index in [1.54, 1.807) is 9.36 Å². The van der Waals surface area contributed by atoms with Crippen molar-refractivity contribution >= 4 is 0 Å². The van der Waals surface area contributed by atoms with Gasteiger partial charge in [0.2, 0.25) is 0 Å². The molecule has 7 aromatic rings. The lowest BCUT2D eigenvalue weighted by Gasteiger charge is -2.18. The number of aromatic amines is 2. The van der Waals surface area contributed by atoms with E-state index in [0.717, 1.165) is 44.8 Å². The standard InChI is InChI=1S/C40H34N4O2/c1-26-14-20-29(21-15-26)34(35-37(30-10-6-4-7-11-30)41-43(39(35)45)32-22-16-27(2)17-23-32)36-38(31-12-8-5-9-13-31)42-44(40(36)46)33-24-18-28(3)19-25-33/h4-25,34,41-42H,1-3H3. The molecule has 6 heteroatoms. The first kappa shape index (κ1) is 28.9. The predicted molar refractivity (Wildman–Crippen MR) is 185 cm³/mol. The Hall–Kier alpha value is -5.88. The Kier molecular flexibility index (Phi) is 7.47. The van der Waals surface area contributed by atoms with Gasteiger partial charge in [0, 0.05) is 5.92 Å². The topological polar surface area (TPSA) is 75.6 Å². The number of hydrogen-bond donors (Lipinski definition) is 2. The zero-order valence-electron chi connectivity index (χ0n) is 26.0. The number of H-pyrrole nitrogens is 2. The molecule has 0 aliphatic heterocycles. The Balaban J connectivity index is 1.58. The maximum absolute atomic E-state index is 14.8. The Morgan fingerprint density at radius 2 is 0.804 bits per heavy atom. The Labute approximate surface area is 267 Å². The van der Waals surface area contributed by atoms with Gasteiger partial charge in [-0.05, 0) is 61.7 Å². The normalized spacial score (nSPS) is 11.3. The van der Waals surface area contributed by atoms with Gasteiger partial charge >= 0.3 is 0 Å². The highest BCUT2D eigenvalue weighted by atomic mass is 16.1. The van der Waals surface area contributed by atoms with Gasteiger partial charge in [0.05, 0.1) is 33.9 Å². The Bertz CT molecular complexity index is 2100. The summed E-state index contributed by atoms with van der Waals surface area (Å²) >= 11 is 0. The molecule has 0 saturated heterocycles. The maximum Gasteiger partial charge on any atom is 0.276 e. The number of nitrogens with zero attached hydrogens (tertiary/aromatic N) is 2. The Morgan fingerprint density at radius 1 is 0.457 bits per heavy atom. The summed E-state index contributed by atoms with van der Waals surface area (Å²) in [6.45, 7) is 6.07. The SMILES string of the molecule is Cc1ccc(C(c2c(-c3ccccc3)[nH]n(-c3ccc(C)cc3)c2=O)c2c(-c3ccccc3)[nH]n(-c3ccc(C)cc3)c2=O)cc1. The molecule has 2 N–H and O–H groups in total. The van der Waals surface area contributed by atoms with Crippen molar-refractivity contribution in [3.8, 4) is 33.9 Å². The van der Waals surface area contributed by atoms with E-state index in [4.69, 9.17) is 0 Å². The fourth-order valence-corrected chi connectivity index (χ4v) is 6.07. The van der Waals surface area contributed by atoms with E-state index in [0.29, 0.717) is 22.5 Å². The van der Waals surface area contributed by atoms with Gasteiger partial charge in [0.1, 0.15) is 0 Å². The van der Waals surface area contributed by atoms with Crippen LogP contribution in [0.4, 0.5) is 0 Å². The second kappa shape index (κ2) is 11.9. The molecule has 0 aliphatic carbocycles. The molecule has 5 aromatic carbocycles. The van der Waals surface area contributed by atoms with Crippen molar-refractivity contribution in [1.82, 2.24) is 19.6 Å². The van der Waals surface area contributed by atoms with Crippen LogP contribution in [0.1, 0.15) is 39.3 Å². The van der Waals surface area contributed by atoms with Crippen LogP contribution in [-0.2, 0) is 0 Å². The van der Waals surface area contributed by atoms with E-state index in [9.17, 15) is 9.59 Å². The summed E-state index contributed by atoms with van der Waals surface area (Å²) in [7, 11) is 0. The quantitative estimate of drug-likeness (QED) is 0.194. The second-order valence-electron chi connectivity index (χ2n) is 11.8. The minimum Gasteiger partial charge on any atom is -0.290 e. The summed E-state index contributed by atoms with van der Waals surface area (Å²) in [6, 6.07) is 43.5. The van der Waals surface area contributed by atoms with Crippen LogP contribution >= 0.6 is 0 Å². The fourth-order valence-electron chi connectivity index (χ4n) is 6.07. The van der Waals surface area contributed by atoms with E-state index in [2.05, 4.69) is 10.2 Å². The van der Waals surface area contributed by atoms with Crippen molar-refractivity contribution in [2.45, 2.75) is 26.7 Å². The first-order chi connectivity index (χ1) is 22.4. The molecule has 0 bridgehead atoms. The fraction of sp³-hybridized carbons (Fsp3) is 0.100. The van der Waals surface area contributed by atoms with Crippen LogP contribution in [0.2, 0.25) is 0 Å². The van der Waals surface area contributed by atoms with Crippen LogP contribution in [0.25, 0.3) is 33.9 Å². The van der Waals surface area contributed by atoms with Gasteiger partial charge < -0.3 is 0 Å². The largest absolute Gasteiger partial charge is 0.290 e. The van der Waals surface area contributed by atoms with Crippen LogP contribution in [0, 0.1) is 20.8 Å². The van der Waals surface area contributed by atoms with Gasteiger partial charge in [0.15, 0.2) is 0 Å². The molecule has 0 radical (unpaired) electrons. The molecule has 7 rings (SSSR count).